The van der Waals surface area contributed by atoms with E-state index in [1.54, 1.807) is 0 Å². The van der Waals surface area contributed by atoms with Gasteiger partial charge in [-0.25, -0.2) is 0 Å². The fourth-order valence-electron chi connectivity index (χ4n) is 1.79. The van der Waals surface area contributed by atoms with Gasteiger partial charge in [0.15, 0.2) is 0 Å². The average molecular weight is 266 g/mol. The fourth-order valence-corrected chi connectivity index (χ4v) is 2.10. The van der Waals surface area contributed by atoms with Gasteiger partial charge in [-0.05, 0) is 30.0 Å². The highest BCUT2D eigenvalue weighted by molar-refractivity contribution is 6.31. The number of halogens is 4. The van der Waals surface area contributed by atoms with Crippen LogP contribution in [0.2, 0.25) is 5.02 Å². The molecule has 0 aliphatic carbocycles. The molecule has 0 unspecified atom stereocenters. The lowest BCUT2D eigenvalue weighted by atomic mass is 9.94. The molecule has 2 N–H and O–H groups in total. The minimum Gasteiger partial charge on any atom is -0.324 e. The quantitative estimate of drug-likeness (QED) is 0.861. The number of rotatable bonds is 3. The van der Waals surface area contributed by atoms with Gasteiger partial charge in [0.25, 0.3) is 0 Å². The Morgan fingerprint density at radius 2 is 1.88 bits per heavy atom. The first-order chi connectivity index (χ1) is 7.73. The van der Waals surface area contributed by atoms with Crippen molar-refractivity contribution >= 4 is 11.6 Å². The second kappa shape index (κ2) is 5.27. The Balaban J connectivity index is 3.21. The van der Waals surface area contributed by atoms with Gasteiger partial charge in [0, 0.05) is 11.1 Å². The normalized spacial score (nSPS) is 14.1. The molecule has 0 fully saturated rings. The molecule has 1 nitrogen and oxygen atoms in total. The molecule has 0 saturated carbocycles. The highest BCUT2D eigenvalue weighted by atomic mass is 35.5. The van der Waals surface area contributed by atoms with Crippen LogP contribution in [0.25, 0.3) is 0 Å². The van der Waals surface area contributed by atoms with Crippen molar-refractivity contribution in [1.82, 2.24) is 0 Å². The molecule has 1 atom stereocenters. The van der Waals surface area contributed by atoms with Crippen molar-refractivity contribution in [3.8, 4) is 0 Å². The summed E-state index contributed by atoms with van der Waals surface area (Å²) in [7, 11) is 0. The molecule has 1 aromatic carbocycles. The summed E-state index contributed by atoms with van der Waals surface area (Å²) in [6.45, 7) is 3.81. The van der Waals surface area contributed by atoms with Crippen molar-refractivity contribution in [2.24, 2.45) is 11.7 Å². The van der Waals surface area contributed by atoms with Crippen LogP contribution in [0.3, 0.4) is 0 Å². The van der Waals surface area contributed by atoms with Crippen LogP contribution in [-0.4, -0.2) is 0 Å². The highest BCUT2D eigenvalue weighted by Gasteiger charge is 2.35. The molecule has 1 rings (SSSR count). The monoisotopic (exact) mass is 265 g/mol. The maximum absolute atomic E-state index is 12.8. The van der Waals surface area contributed by atoms with E-state index < -0.39 is 17.8 Å². The van der Waals surface area contributed by atoms with Gasteiger partial charge in [-0.1, -0.05) is 31.5 Å². The molecule has 0 bridgehead atoms. The zero-order valence-corrected chi connectivity index (χ0v) is 10.4. The first kappa shape index (κ1) is 14.3. The smallest absolute Gasteiger partial charge is 0.324 e. The number of hydrogen-bond donors (Lipinski definition) is 1. The number of alkyl halides is 3. The predicted octanol–water partition coefficient (Wildman–Crippen LogP) is 4.40. The van der Waals surface area contributed by atoms with E-state index >= 15 is 0 Å². The van der Waals surface area contributed by atoms with E-state index in [-0.39, 0.29) is 16.5 Å². The molecule has 1 aromatic rings. The number of benzene rings is 1. The van der Waals surface area contributed by atoms with Crippen LogP contribution in [0.5, 0.6) is 0 Å². The summed E-state index contributed by atoms with van der Waals surface area (Å²) in [6, 6.07) is 3.05. The van der Waals surface area contributed by atoms with Crippen LogP contribution in [0.15, 0.2) is 18.2 Å². The summed E-state index contributed by atoms with van der Waals surface area (Å²) >= 11 is 5.83. The Kier molecular flexibility index (Phi) is 4.44. The lowest BCUT2D eigenvalue weighted by Crippen LogP contribution is -2.19. The lowest BCUT2D eigenvalue weighted by Gasteiger charge is -2.21. The lowest BCUT2D eigenvalue weighted by molar-refractivity contribution is -0.138. The highest BCUT2D eigenvalue weighted by Crippen LogP contribution is 2.38. The Labute approximate surface area is 104 Å². The van der Waals surface area contributed by atoms with E-state index in [0.717, 1.165) is 6.07 Å². The standard InChI is InChI=1S/C12H15ClF3N/c1-7(2)6-10(17)11-8(12(14,15)16)4-3-5-9(11)13/h3-5,7,10H,6,17H2,1-2H3/t10-/m1/s1. The van der Waals surface area contributed by atoms with Gasteiger partial charge in [0.2, 0.25) is 0 Å². The van der Waals surface area contributed by atoms with Crippen molar-refractivity contribution in [1.29, 1.82) is 0 Å². The van der Waals surface area contributed by atoms with E-state index in [1.165, 1.54) is 12.1 Å². The molecule has 0 aliphatic heterocycles. The van der Waals surface area contributed by atoms with Crippen LogP contribution < -0.4 is 5.73 Å². The largest absolute Gasteiger partial charge is 0.416 e. The van der Waals surface area contributed by atoms with Crippen LogP contribution in [-0.2, 0) is 6.18 Å². The first-order valence-electron chi connectivity index (χ1n) is 5.34. The van der Waals surface area contributed by atoms with Crippen LogP contribution in [0.1, 0.15) is 37.4 Å². The molecule has 5 heteroatoms. The van der Waals surface area contributed by atoms with Gasteiger partial charge in [-0.3, -0.25) is 0 Å². The third-order valence-electron chi connectivity index (χ3n) is 2.45. The van der Waals surface area contributed by atoms with Gasteiger partial charge < -0.3 is 5.73 Å². The van der Waals surface area contributed by atoms with Crippen molar-refractivity contribution < 1.29 is 13.2 Å². The van der Waals surface area contributed by atoms with Crippen molar-refractivity contribution in [3.05, 3.63) is 34.3 Å². The van der Waals surface area contributed by atoms with Crippen molar-refractivity contribution in [2.45, 2.75) is 32.5 Å². The second-order valence-electron chi connectivity index (χ2n) is 4.43. The first-order valence-corrected chi connectivity index (χ1v) is 5.72. The van der Waals surface area contributed by atoms with Gasteiger partial charge in [-0.2, -0.15) is 13.2 Å². The fraction of sp³-hybridized carbons (Fsp3) is 0.500. The zero-order valence-electron chi connectivity index (χ0n) is 9.68. The molecule has 0 amide bonds. The summed E-state index contributed by atoms with van der Waals surface area (Å²) in [6.07, 6.45) is -3.96. The zero-order chi connectivity index (χ0) is 13.2. The molecule has 0 aromatic heterocycles. The SMILES string of the molecule is CC(C)C[C@@H](N)c1c(Cl)cccc1C(F)(F)F. The summed E-state index contributed by atoms with van der Waals surface area (Å²) < 4.78 is 38.4. The molecule has 0 saturated heterocycles. The van der Waals surface area contributed by atoms with E-state index in [4.69, 9.17) is 17.3 Å². The topological polar surface area (TPSA) is 26.0 Å². The third-order valence-corrected chi connectivity index (χ3v) is 2.78. The molecule has 0 radical (unpaired) electrons. The molecule has 0 aliphatic rings. The minimum absolute atomic E-state index is 0.00429. The summed E-state index contributed by atoms with van der Waals surface area (Å²) in [5, 5.41) is 0.0768. The summed E-state index contributed by atoms with van der Waals surface area (Å²) in [5.41, 5.74) is 5.07. The Bertz CT molecular complexity index is 388. The summed E-state index contributed by atoms with van der Waals surface area (Å²) in [5.74, 6) is 0.211. The number of nitrogens with two attached hydrogens (primary N) is 1. The van der Waals surface area contributed by atoms with Crippen LogP contribution in [0.4, 0.5) is 13.2 Å². The Hall–Kier alpha value is -0.740. The van der Waals surface area contributed by atoms with Gasteiger partial charge in [-0.15, -0.1) is 0 Å². The van der Waals surface area contributed by atoms with E-state index in [9.17, 15) is 13.2 Å². The van der Waals surface area contributed by atoms with Crippen molar-refractivity contribution in [2.75, 3.05) is 0 Å². The second-order valence-corrected chi connectivity index (χ2v) is 4.84. The van der Waals surface area contributed by atoms with Crippen LogP contribution in [0, 0.1) is 5.92 Å². The molecule has 0 spiro atoms. The molecule has 96 valence electrons. The molecular formula is C12H15ClF3N. The predicted molar refractivity (Wildman–Crippen MR) is 62.8 cm³/mol. The van der Waals surface area contributed by atoms with Crippen LogP contribution >= 0.6 is 11.6 Å². The van der Waals surface area contributed by atoms with E-state index in [0.29, 0.717) is 6.42 Å². The van der Waals surface area contributed by atoms with Gasteiger partial charge in [0.05, 0.1) is 5.56 Å². The maximum Gasteiger partial charge on any atom is 0.416 e. The molecule has 0 heterocycles. The molecule has 17 heavy (non-hydrogen) atoms. The van der Waals surface area contributed by atoms with E-state index in [2.05, 4.69) is 0 Å². The Morgan fingerprint density at radius 3 is 2.35 bits per heavy atom. The third kappa shape index (κ3) is 3.61. The minimum atomic E-state index is -4.42. The maximum atomic E-state index is 12.8. The average Bonchev–Trinajstić information content (AvgIpc) is 2.14. The Morgan fingerprint density at radius 1 is 1.29 bits per heavy atom. The summed E-state index contributed by atoms with van der Waals surface area (Å²) in [4.78, 5) is 0. The van der Waals surface area contributed by atoms with Gasteiger partial charge >= 0.3 is 6.18 Å². The van der Waals surface area contributed by atoms with Crippen molar-refractivity contribution in [3.63, 3.8) is 0 Å². The van der Waals surface area contributed by atoms with E-state index in [1.807, 2.05) is 13.8 Å². The molecular weight excluding hydrogens is 251 g/mol. The number of hydrogen-bond acceptors (Lipinski definition) is 1. The van der Waals surface area contributed by atoms with Gasteiger partial charge in [0.1, 0.15) is 0 Å².